The Morgan fingerprint density at radius 3 is 2.32 bits per heavy atom. The van der Waals surface area contributed by atoms with Crippen molar-refractivity contribution in [3.05, 3.63) is 29.3 Å². The van der Waals surface area contributed by atoms with E-state index >= 15 is 0 Å². The van der Waals surface area contributed by atoms with Crippen LogP contribution < -0.4 is 10.2 Å². The molecule has 1 N–H and O–H groups in total. The number of amides is 4. The van der Waals surface area contributed by atoms with Gasteiger partial charge in [0.15, 0.2) is 5.54 Å². The van der Waals surface area contributed by atoms with Crippen LogP contribution in [-0.4, -0.2) is 65.9 Å². The van der Waals surface area contributed by atoms with Gasteiger partial charge in [0, 0.05) is 23.8 Å². The van der Waals surface area contributed by atoms with Crippen molar-refractivity contribution >= 4 is 35.1 Å². The molecular weight excluding hydrogens is 344 g/mol. The summed E-state index contributed by atoms with van der Waals surface area (Å²) in [6.45, 7) is 4.13. The van der Waals surface area contributed by atoms with Crippen molar-refractivity contribution in [2.45, 2.75) is 25.4 Å². The van der Waals surface area contributed by atoms with Crippen molar-refractivity contribution in [3.8, 4) is 0 Å². The summed E-state index contributed by atoms with van der Waals surface area (Å²) in [6.07, 6.45) is 0. The van der Waals surface area contributed by atoms with Gasteiger partial charge in [-0.1, -0.05) is 11.6 Å². The molecule has 2 aliphatic heterocycles. The van der Waals surface area contributed by atoms with E-state index in [9.17, 15) is 14.4 Å². The summed E-state index contributed by atoms with van der Waals surface area (Å²) in [6, 6.07) is 6.48. The van der Waals surface area contributed by atoms with Crippen LogP contribution >= 0.6 is 11.6 Å². The highest BCUT2D eigenvalue weighted by Crippen LogP contribution is 2.38. The molecule has 0 unspecified atom stereocenters. The van der Waals surface area contributed by atoms with Gasteiger partial charge in [0.05, 0.1) is 13.1 Å². The maximum Gasteiger partial charge on any atom is 0.317 e. The molecule has 2 aliphatic rings. The van der Waals surface area contributed by atoms with Crippen LogP contribution in [0.4, 0.5) is 10.5 Å². The number of benzene rings is 1. The zero-order valence-electron chi connectivity index (χ0n) is 14.5. The van der Waals surface area contributed by atoms with Gasteiger partial charge in [0.1, 0.15) is 6.54 Å². The molecule has 2 fully saturated rings. The lowest BCUT2D eigenvalue weighted by atomic mass is 9.83. The van der Waals surface area contributed by atoms with Crippen LogP contribution in [0.15, 0.2) is 24.3 Å². The molecule has 0 saturated carbocycles. The minimum Gasteiger partial charge on any atom is -0.341 e. The second-order valence-corrected chi connectivity index (χ2v) is 7.11. The maximum atomic E-state index is 13.2. The van der Waals surface area contributed by atoms with Gasteiger partial charge < -0.3 is 15.1 Å². The lowest BCUT2D eigenvalue weighted by molar-refractivity contribution is -0.153. The van der Waals surface area contributed by atoms with E-state index in [1.807, 2.05) is 13.8 Å². The monoisotopic (exact) mass is 364 g/mol. The molecule has 0 aromatic heterocycles. The number of hydrogen-bond acceptors (Lipinski definition) is 3. The number of likely N-dealkylation sites (tertiary alicyclic amines) is 1. The summed E-state index contributed by atoms with van der Waals surface area (Å²) in [5, 5.41) is 3.11. The van der Waals surface area contributed by atoms with Crippen LogP contribution in [0, 0.1) is 0 Å². The molecule has 1 aromatic rings. The molecule has 2 heterocycles. The first-order valence-electron chi connectivity index (χ1n) is 8.16. The molecule has 7 nitrogen and oxygen atoms in total. The predicted octanol–water partition coefficient (Wildman–Crippen LogP) is 1.32. The van der Waals surface area contributed by atoms with Crippen molar-refractivity contribution < 1.29 is 14.4 Å². The number of rotatable bonds is 2. The van der Waals surface area contributed by atoms with E-state index in [-0.39, 0.29) is 43.5 Å². The molecule has 0 aliphatic carbocycles. The van der Waals surface area contributed by atoms with E-state index < -0.39 is 5.54 Å². The lowest BCUT2D eigenvalue weighted by Gasteiger charge is -2.58. The Hall–Kier alpha value is -2.28. The molecule has 3 rings (SSSR count). The lowest BCUT2D eigenvalue weighted by Crippen LogP contribution is -2.82. The first kappa shape index (κ1) is 17.5. The third-order valence-corrected chi connectivity index (χ3v) is 5.01. The fourth-order valence-electron chi connectivity index (χ4n) is 3.45. The van der Waals surface area contributed by atoms with E-state index in [4.69, 9.17) is 11.6 Å². The predicted molar refractivity (Wildman–Crippen MR) is 94.5 cm³/mol. The fourth-order valence-corrected chi connectivity index (χ4v) is 3.58. The number of nitrogens with one attached hydrogen (secondary N) is 1. The van der Waals surface area contributed by atoms with E-state index in [0.717, 1.165) is 0 Å². The van der Waals surface area contributed by atoms with E-state index in [2.05, 4.69) is 5.32 Å². The molecule has 1 aromatic carbocycles. The average molecular weight is 365 g/mol. The Morgan fingerprint density at radius 1 is 1.20 bits per heavy atom. The molecule has 0 radical (unpaired) electrons. The smallest absolute Gasteiger partial charge is 0.317 e. The van der Waals surface area contributed by atoms with Crippen LogP contribution in [0.1, 0.15) is 13.8 Å². The summed E-state index contributed by atoms with van der Waals surface area (Å²) < 4.78 is 0. The zero-order chi connectivity index (χ0) is 18.4. The summed E-state index contributed by atoms with van der Waals surface area (Å²) in [4.78, 5) is 42.6. The van der Waals surface area contributed by atoms with Crippen molar-refractivity contribution in [2.24, 2.45) is 0 Å². The highest BCUT2D eigenvalue weighted by molar-refractivity contribution is 6.30. The highest BCUT2D eigenvalue weighted by Gasteiger charge is 2.61. The number of halogens is 1. The minimum atomic E-state index is -1.06. The van der Waals surface area contributed by atoms with E-state index in [1.54, 1.807) is 36.2 Å². The van der Waals surface area contributed by atoms with Crippen LogP contribution in [0.25, 0.3) is 0 Å². The van der Waals surface area contributed by atoms with Crippen LogP contribution in [0.2, 0.25) is 5.02 Å². The maximum absolute atomic E-state index is 13.2. The minimum absolute atomic E-state index is 0.0286. The summed E-state index contributed by atoms with van der Waals surface area (Å²) in [5.74, 6) is -0.288. The normalized spacial score (nSPS) is 19.5. The highest BCUT2D eigenvalue weighted by atomic mass is 35.5. The topological polar surface area (TPSA) is 73.0 Å². The van der Waals surface area contributed by atoms with Gasteiger partial charge in [-0.2, -0.15) is 0 Å². The van der Waals surface area contributed by atoms with Gasteiger partial charge in [-0.15, -0.1) is 0 Å². The molecule has 0 bridgehead atoms. The number of urea groups is 1. The second kappa shape index (κ2) is 6.22. The number of carbonyl (C=O) groups excluding carboxylic acids is 3. The van der Waals surface area contributed by atoms with Crippen LogP contribution in [0.5, 0.6) is 0 Å². The Morgan fingerprint density at radius 2 is 1.80 bits per heavy atom. The first-order valence-corrected chi connectivity index (χ1v) is 8.54. The van der Waals surface area contributed by atoms with Gasteiger partial charge in [-0.05, 0) is 38.1 Å². The van der Waals surface area contributed by atoms with Crippen molar-refractivity contribution in [1.82, 2.24) is 15.1 Å². The molecule has 25 heavy (non-hydrogen) atoms. The first-order chi connectivity index (χ1) is 11.8. The standard InChI is InChI=1S/C17H21ClN4O3/c1-11(2)21-8-14(23)22(13-6-4-12(18)5-7-13)17(15(21)24)9-20(10-17)16(25)19-3/h4-7,11H,8-10H2,1-3H3,(H,19,25). The summed E-state index contributed by atoms with van der Waals surface area (Å²) >= 11 is 5.94. The molecular formula is C17H21ClN4O3. The van der Waals surface area contributed by atoms with Crippen molar-refractivity contribution in [1.29, 1.82) is 0 Å². The Labute approximate surface area is 151 Å². The molecule has 8 heteroatoms. The van der Waals surface area contributed by atoms with E-state index in [1.165, 1.54) is 9.80 Å². The van der Waals surface area contributed by atoms with Crippen molar-refractivity contribution in [3.63, 3.8) is 0 Å². The van der Waals surface area contributed by atoms with Gasteiger partial charge >= 0.3 is 6.03 Å². The van der Waals surface area contributed by atoms with Gasteiger partial charge in [-0.3, -0.25) is 14.5 Å². The zero-order valence-corrected chi connectivity index (χ0v) is 15.2. The number of anilines is 1. The Bertz CT molecular complexity index is 713. The third-order valence-electron chi connectivity index (χ3n) is 4.76. The Kier molecular flexibility index (Phi) is 4.36. The van der Waals surface area contributed by atoms with Gasteiger partial charge in [-0.25, -0.2) is 4.79 Å². The van der Waals surface area contributed by atoms with Crippen LogP contribution in [-0.2, 0) is 9.59 Å². The van der Waals surface area contributed by atoms with Gasteiger partial charge in [0.2, 0.25) is 5.91 Å². The number of piperazine rings is 1. The van der Waals surface area contributed by atoms with Gasteiger partial charge in [0.25, 0.3) is 5.91 Å². The average Bonchev–Trinajstić information content (AvgIpc) is 2.54. The molecule has 0 atom stereocenters. The Balaban J connectivity index is 2.00. The van der Waals surface area contributed by atoms with E-state index in [0.29, 0.717) is 10.7 Å². The third kappa shape index (κ3) is 2.72. The summed E-state index contributed by atoms with van der Waals surface area (Å²) in [5.41, 5.74) is -0.442. The quantitative estimate of drug-likeness (QED) is 0.860. The van der Waals surface area contributed by atoms with Crippen LogP contribution in [0.3, 0.4) is 0 Å². The summed E-state index contributed by atoms with van der Waals surface area (Å²) in [7, 11) is 1.54. The number of carbonyl (C=O) groups is 3. The van der Waals surface area contributed by atoms with Crippen molar-refractivity contribution in [2.75, 3.05) is 31.6 Å². The molecule has 1 spiro atoms. The second-order valence-electron chi connectivity index (χ2n) is 6.68. The number of nitrogens with zero attached hydrogens (tertiary/aromatic N) is 3. The largest absolute Gasteiger partial charge is 0.341 e. The molecule has 134 valence electrons. The molecule has 2 saturated heterocycles. The molecule has 4 amide bonds. The fraction of sp³-hybridized carbons (Fsp3) is 0.471. The SMILES string of the molecule is CNC(=O)N1CC2(C1)C(=O)N(C(C)C)CC(=O)N2c1ccc(Cl)cc1. The number of hydrogen-bond donors (Lipinski definition) is 1.